The lowest BCUT2D eigenvalue weighted by atomic mass is 10.2. The number of ether oxygens (including phenoxy) is 2. The molecule has 0 aliphatic heterocycles. The molecule has 0 unspecified atom stereocenters. The highest BCUT2D eigenvalue weighted by Crippen LogP contribution is 2.42. The van der Waals surface area contributed by atoms with Crippen LogP contribution in [0.5, 0.6) is 11.5 Å². The van der Waals surface area contributed by atoms with Crippen molar-refractivity contribution in [3.05, 3.63) is 122 Å². The Morgan fingerprint density at radius 1 is 1.07 bits per heavy atom. The smallest absolute Gasteiger partial charge is 0.282 e. The van der Waals surface area contributed by atoms with Crippen molar-refractivity contribution in [2.75, 3.05) is 7.11 Å². The van der Waals surface area contributed by atoms with Gasteiger partial charge in [-0.1, -0.05) is 60.1 Å². The first-order valence-corrected chi connectivity index (χ1v) is 13.6. The van der Waals surface area contributed by atoms with Crippen LogP contribution < -0.4 is 15.0 Å². The average molecular weight is 633 g/mol. The number of fused-ring (bicyclic) bond motifs is 2. The van der Waals surface area contributed by atoms with Gasteiger partial charge in [0, 0.05) is 21.0 Å². The van der Waals surface area contributed by atoms with E-state index in [9.17, 15) is 9.18 Å². The molecule has 4 aromatic carbocycles. The third-order valence-corrected chi connectivity index (χ3v) is 7.86. The number of hydrogen-bond donors (Lipinski definition) is 0. The van der Waals surface area contributed by atoms with Crippen LogP contribution in [-0.4, -0.2) is 23.0 Å². The molecule has 0 fully saturated rings. The van der Waals surface area contributed by atoms with Crippen molar-refractivity contribution in [1.29, 1.82) is 0 Å². The van der Waals surface area contributed by atoms with Crippen molar-refractivity contribution in [3.8, 4) is 23.1 Å². The maximum absolute atomic E-state index is 14.1. The zero-order chi connectivity index (χ0) is 28.5. The summed E-state index contributed by atoms with van der Waals surface area (Å²) in [7, 11) is 1.47. The summed E-state index contributed by atoms with van der Waals surface area (Å²) >= 11 is 10.1. The zero-order valence-electron chi connectivity index (χ0n) is 21.5. The Morgan fingerprint density at radius 3 is 2.63 bits per heavy atom. The van der Waals surface area contributed by atoms with Crippen LogP contribution in [0.25, 0.3) is 33.5 Å². The van der Waals surface area contributed by atoms with Gasteiger partial charge < -0.3 is 13.9 Å². The molecule has 41 heavy (non-hydrogen) atoms. The van der Waals surface area contributed by atoms with Gasteiger partial charge in [-0.3, -0.25) is 4.79 Å². The molecule has 0 aliphatic rings. The normalized spacial score (nSPS) is 11.5. The molecule has 0 radical (unpaired) electrons. The van der Waals surface area contributed by atoms with Crippen molar-refractivity contribution in [2.45, 2.75) is 6.61 Å². The van der Waals surface area contributed by atoms with Gasteiger partial charge in [0.2, 0.25) is 5.82 Å². The summed E-state index contributed by atoms with van der Waals surface area (Å²) in [6.07, 6.45) is 1.46. The van der Waals surface area contributed by atoms with E-state index in [1.54, 1.807) is 42.5 Å². The van der Waals surface area contributed by atoms with Crippen LogP contribution in [0.4, 0.5) is 4.39 Å². The molecule has 0 saturated carbocycles. The molecule has 2 heterocycles. The van der Waals surface area contributed by atoms with Gasteiger partial charge in [-0.25, -0.2) is 9.37 Å². The van der Waals surface area contributed by atoms with Crippen molar-refractivity contribution >= 4 is 55.6 Å². The molecule has 0 spiro atoms. The average Bonchev–Trinajstić information content (AvgIpc) is 3.43. The number of halogens is 3. The summed E-state index contributed by atoms with van der Waals surface area (Å²) in [5.74, 6) is 0.768. The number of hydrogen-bond acceptors (Lipinski definition) is 6. The fourth-order valence-corrected chi connectivity index (χ4v) is 5.01. The Balaban J connectivity index is 1.43. The number of para-hydroxylation sites is 2. The van der Waals surface area contributed by atoms with Gasteiger partial charge in [0.15, 0.2) is 17.3 Å². The summed E-state index contributed by atoms with van der Waals surface area (Å²) in [5, 5.41) is 5.97. The molecular formula is C31H20BrClFN3O4. The summed E-state index contributed by atoms with van der Waals surface area (Å²) in [4.78, 5) is 18.3. The van der Waals surface area contributed by atoms with Gasteiger partial charge in [-0.05, 0) is 52.3 Å². The molecule has 0 atom stereocenters. The predicted molar refractivity (Wildman–Crippen MR) is 161 cm³/mol. The SMILES string of the molecule is COc1cc(C=Nn2c(-c3cc4ccccc4o3)nc3ccccc3c2=O)c(Br)c(Cl)c1OCc1ccccc1F. The second-order valence-electron chi connectivity index (χ2n) is 8.97. The minimum absolute atomic E-state index is 0.0539. The Kier molecular flexibility index (Phi) is 7.30. The van der Waals surface area contributed by atoms with Gasteiger partial charge in [-0.2, -0.15) is 9.78 Å². The monoisotopic (exact) mass is 631 g/mol. The first-order chi connectivity index (χ1) is 19.9. The molecule has 0 aliphatic carbocycles. The summed E-state index contributed by atoms with van der Waals surface area (Å²) < 4.78 is 33.1. The van der Waals surface area contributed by atoms with Crippen molar-refractivity contribution in [3.63, 3.8) is 0 Å². The fourth-order valence-electron chi connectivity index (χ4n) is 4.35. The second-order valence-corrected chi connectivity index (χ2v) is 10.1. The highest BCUT2D eigenvalue weighted by Gasteiger charge is 2.19. The van der Waals surface area contributed by atoms with Crippen molar-refractivity contribution in [2.24, 2.45) is 5.10 Å². The van der Waals surface area contributed by atoms with Crippen LogP contribution >= 0.6 is 27.5 Å². The number of methoxy groups -OCH3 is 1. The first kappa shape index (κ1) is 26.7. The zero-order valence-corrected chi connectivity index (χ0v) is 23.8. The van der Waals surface area contributed by atoms with Gasteiger partial charge in [0.25, 0.3) is 5.56 Å². The molecule has 0 saturated heterocycles. The van der Waals surface area contributed by atoms with Crippen LogP contribution in [0.1, 0.15) is 11.1 Å². The summed E-state index contributed by atoms with van der Waals surface area (Å²) in [6.45, 7) is -0.0539. The molecule has 7 nitrogen and oxygen atoms in total. The highest BCUT2D eigenvalue weighted by atomic mass is 79.9. The number of furan rings is 1. The fraction of sp³-hybridized carbons (Fsp3) is 0.0645. The topological polar surface area (TPSA) is 78.9 Å². The lowest BCUT2D eigenvalue weighted by molar-refractivity contribution is 0.279. The highest BCUT2D eigenvalue weighted by molar-refractivity contribution is 9.10. The molecule has 0 bridgehead atoms. The van der Waals surface area contributed by atoms with Crippen molar-refractivity contribution in [1.82, 2.24) is 9.66 Å². The molecule has 204 valence electrons. The maximum Gasteiger partial charge on any atom is 0.282 e. The quantitative estimate of drug-likeness (QED) is 0.168. The molecular weight excluding hydrogens is 613 g/mol. The van der Waals surface area contributed by atoms with E-state index in [1.165, 1.54) is 24.1 Å². The third-order valence-electron chi connectivity index (χ3n) is 6.42. The van der Waals surface area contributed by atoms with Gasteiger partial charge in [0.05, 0.1) is 24.2 Å². The van der Waals surface area contributed by atoms with E-state index in [4.69, 9.17) is 30.5 Å². The Bertz CT molecular complexity index is 1990. The molecule has 0 N–H and O–H groups in total. The van der Waals surface area contributed by atoms with Crippen molar-refractivity contribution < 1.29 is 18.3 Å². The van der Waals surface area contributed by atoms with Crippen LogP contribution in [0.3, 0.4) is 0 Å². The van der Waals surface area contributed by atoms with E-state index in [0.29, 0.717) is 43.6 Å². The Morgan fingerprint density at radius 2 is 1.83 bits per heavy atom. The number of nitrogens with zero attached hydrogens (tertiary/aromatic N) is 3. The van der Waals surface area contributed by atoms with Gasteiger partial charge in [0.1, 0.15) is 23.0 Å². The molecule has 6 aromatic rings. The Labute approximate surface area is 246 Å². The van der Waals surface area contributed by atoms with Gasteiger partial charge >= 0.3 is 0 Å². The van der Waals surface area contributed by atoms with Crippen LogP contribution in [0.15, 0.2) is 104 Å². The third kappa shape index (κ3) is 5.10. The van der Waals surface area contributed by atoms with E-state index in [0.717, 1.165) is 5.39 Å². The summed E-state index contributed by atoms with van der Waals surface area (Å²) in [6, 6.07) is 24.3. The van der Waals surface area contributed by atoms with E-state index in [-0.39, 0.29) is 34.6 Å². The first-order valence-electron chi connectivity index (χ1n) is 12.4. The lowest BCUT2D eigenvalue weighted by Crippen LogP contribution is -2.20. The molecule has 0 amide bonds. The van der Waals surface area contributed by atoms with E-state index >= 15 is 0 Å². The van der Waals surface area contributed by atoms with E-state index in [2.05, 4.69) is 21.0 Å². The predicted octanol–water partition coefficient (Wildman–Crippen LogP) is 7.83. The van der Waals surface area contributed by atoms with E-state index < -0.39 is 0 Å². The maximum atomic E-state index is 14.1. The minimum Gasteiger partial charge on any atom is -0.493 e. The van der Waals surface area contributed by atoms with Gasteiger partial charge in [-0.15, -0.1) is 0 Å². The Hall–Kier alpha value is -4.47. The molecule has 6 rings (SSSR count). The van der Waals surface area contributed by atoms with Crippen LogP contribution in [0.2, 0.25) is 5.02 Å². The number of rotatable bonds is 7. The minimum atomic E-state index is -0.389. The lowest BCUT2D eigenvalue weighted by Gasteiger charge is -2.15. The van der Waals surface area contributed by atoms with E-state index in [1.807, 2.05) is 36.4 Å². The molecule has 2 aromatic heterocycles. The second kappa shape index (κ2) is 11.2. The number of benzene rings is 4. The van der Waals surface area contributed by atoms with Crippen LogP contribution in [-0.2, 0) is 6.61 Å². The summed E-state index contributed by atoms with van der Waals surface area (Å²) in [5.41, 5.74) is 1.67. The largest absolute Gasteiger partial charge is 0.493 e. The van der Waals surface area contributed by atoms with Crippen LogP contribution in [0, 0.1) is 5.82 Å². The standard InChI is InChI=1S/C31H20BrClFN3O4/c1-39-25-15-20(27(32)28(33)29(25)40-17-19-9-2-5-11-22(19)34)16-35-37-30(26-14-18-8-3-7-13-24(18)41-26)36-23-12-6-4-10-21(23)31(37)38/h2-16H,17H2,1H3. The molecule has 10 heteroatoms. The number of aromatic nitrogens is 2.